The molecule has 3 unspecified atom stereocenters. The van der Waals surface area contributed by atoms with Crippen LogP contribution in [0.15, 0.2) is 0 Å². The molecule has 1 saturated heterocycles. The molecule has 1 aliphatic rings. The molecule has 26 heavy (non-hydrogen) atoms. The molecule has 1 aliphatic heterocycles. The minimum Gasteiger partial charge on any atom is -0.481 e. The number of carbonyl (C=O) groups is 5. The van der Waals surface area contributed by atoms with E-state index in [2.05, 4.69) is 10.6 Å². The summed E-state index contributed by atoms with van der Waals surface area (Å²) in [5.41, 5.74) is 5.34. The zero-order valence-electron chi connectivity index (χ0n) is 13.9. The Bertz CT molecular complexity index is 581. The number of amides is 3. The quantitative estimate of drug-likeness (QED) is 0.236. The van der Waals surface area contributed by atoms with Crippen molar-refractivity contribution in [1.82, 2.24) is 15.5 Å². The number of carboxylic acids is 2. The topological polar surface area (TPSA) is 199 Å². The summed E-state index contributed by atoms with van der Waals surface area (Å²) in [5.74, 6) is -4.97. The molecule has 0 aromatic carbocycles. The van der Waals surface area contributed by atoms with Crippen LogP contribution in [0.3, 0.4) is 0 Å². The molecule has 1 fully saturated rings. The van der Waals surface area contributed by atoms with Crippen molar-refractivity contribution in [3.8, 4) is 0 Å². The van der Waals surface area contributed by atoms with Gasteiger partial charge in [0, 0.05) is 6.54 Å². The maximum atomic E-state index is 12.6. The number of aliphatic hydroxyl groups excluding tert-OH is 1. The molecule has 0 aromatic heterocycles. The molecular formula is C14H22N4O8. The number of hydrogen-bond donors (Lipinski definition) is 6. The second kappa shape index (κ2) is 9.68. The van der Waals surface area contributed by atoms with Gasteiger partial charge in [-0.2, -0.15) is 0 Å². The number of hydrogen-bond acceptors (Lipinski definition) is 7. The zero-order valence-corrected chi connectivity index (χ0v) is 13.9. The molecule has 12 heteroatoms. The van der Waals surface area contributed by atoms with Gasteiger partial charge in [0.2, 0.25) is 17.7 Å². The van der Waals surface area contributed by atoms with Gasteiger partial charge in [-0.15, -0.1) is 0 Å². The van der Waals surface area contributed by atoms with Crippen molar-refractivity contribution >= 4 is 29.7 Å². The maximum absolute atomic E-state index is 12.6. The summed E-state index contributed by atoms with van der Waals surface area (Å²) in [5, 5.41) is 30.8. The predicted molar refractivity (Wildman–Crippen MR) is 84.6 cm³/mol. The van der Waals surface area contributed by atoms with E-state index in [0.717, 1.165) is 4.90 Å². The summed E-state index contributed by atoms with van der Waals surface area (Å²) >= 11 is 0. The summed E-state index contributed by atoms with van der Waals surface area (Å²) in [6.45, 7) is -1.15. The van der Waals surface area contributed by atoms with Gasteiger partial charge in [0.25, 0.3) is 0 Å². The van der Waals surface area contributed by atoms with E-state index in [0.29, 0.717) is 6.42 Å². The molecular weight excluding hydrogens is 352 g/mol. The standard InChI is InChI=1S/C14H22N4O8/c15-7(6-19)12(24)17-8(4-10(20)21)14(26)18-3-1-2-9(18)13(25)16-5-11(22)23/h7-9,19H,1-6,15H2,(H,16,25)(H,17,24)(H,20,21)(H,22,23). The van der Waals surface area contributed by atoms with Crippen LogP contribution >= 0.6 is 0 Å². The molecule has 12 nitrogen and oxygen atoms in total. The van der Waals surface area contributed by atoms with Crippen LogP contribution in [-0.2, 0) is 24.0 Å². The Morgan fingerprint density at radius 2 is 1.81 bits per heavy atom. The highest BCUT2D eigenvalue weighted by atomic mass is 16.4. The minimum absolute atomic E-state index is 0.155. The maximum Gasteiger partial charge on any atom is 0.322 e. The summed E-state index contributed by atoms with van der Waals surface area (Å²) in [6.07, 6.45) is 0.00452. The first kappa shape index (κ1) is 21.3. The zero-order chi connectivity index (χ0) is 19.9. The Hall–Kier alpha value is -2.73. The number of nitrogens with one attached hydrogen (secondary N) is 2. The Morgan fingerprint density at radius 3 is 2.35 bits per heavy atom. The van der Waals surface area contributed by atoms with Crippen molar-refractivity contribution in [1.29, 1.82) is 0 Å². The number of likely N-dealkylation sites (tertiary alicyclic amines) is 1. The first-order valence-corrected chi connectivity index (χ1v) is 7.86. The lowest BCUT2D eigenvalue weighted by Crippen LogP contribution is -2.56. The van der Waals surface area contributed by atoms with Gasteiger partial charge in [-0.05, 0) is 12.8 Å². The lowest BCUT2D eigenvalue weighted by atomic mass is 10.1. The van der Waals surface area contributed by atoms with Crippen molar-refractivity contribution in [3.05, 3.63) is 0 Å². The highest BCUT2D eigenvalue weighted by molar-refractivity contribution is 5.95. The van der Waals surface area contributed by atoms with Crippen LogP contribution in [0.4, 0.5) is 0 Å². The van der Waals surface area contributed by atoms with Crippen LogP contribution in [0, 0.1) is 0 Å². The van der Waals surface area contributed by atoms with E-state index >= 15 is 0 Å². The summed E-state index contributed by atoms with van der Waals surface area (Å²) in [4.78, 5) is 59.1. The average molecular weight is 374 g/mol. The lowest BCUT2D eigenvalue weighted by molar-refractivity contribution is -0.146. The molecule has 0 saturated carbocycles. The molecule has 146 valence electrons. The summed E-state index contributed by atoms with van der Waals surface area (Å²) < 4.78 is 0. The van der Waals surface area contributed by atoms with Crippen molar-refractivity contribution in [2.24, 2.45) is 5.73 Å². The number of rotatable bonds is 9. The van der Waals surface area contributed by atoms with Gasteiger partial charge in [0.1, 0.15) is 24.7 Å². The molecule has 3 amide bonds. The molecule has 7 N–H and O–H groups in total. The van der Waals surface area contributed by atoms with Crippen LogP contribution in [-0.4, -0.2) is 87.7 Å². The van der Waals surface area contributed by atoms with Gasteiger partial charge in [0.15, 0.2) is 0 Å². The number of carbonyl (C=O) groups excluding carboxylic acids is 3. The third kappa shape index (κ3) is 5.97. The van der Waals surface area contributed by atoms with Gasteiger partial charge < -0.3 is 36.6 Å². The fourth-order valence-corrected chi connectivity index (χ4v) is 2.52. The second-order valence-electron chi connectivity index (χ2n) is 5.75. The Balaban J connectivity index is 2.87. The van der Waals surface area contributed by atoms with E-state index in [1.165, 1.54) is 0 Å². The second-order valence-corrected chi connectivity index (χ2v) is 5.75. The van der Waals surface area contributed by atoms with Gasteiger partial charge in [-0.25, -0.2) is 0 Å². The molecule has 0 spiro atoms. The van der Waals surface area contributed by atoms with Crippen LogP contribution < -0.4 is 16.4 Å². The van der Waals surface area contributed by atoms with Crippen molar-refractivity contribution in [2.45, 2.75) is 37.4 Å². The van der Waals surface area contributed by atoms with Gasteiger partial charge in [-0.1, -0.05) is 0 Å². The van der Waals surface area contributed by atoms with Crippen LogP contribution in [0.5, 0.6) is 0 Å². The normalized spacial score (nSPS) is 18.7. The van der Waals surface area contributed by atoms with Crippen molar-refractivity contribution in [3.63, 3.8) is 0 Å². The summed E-state index contributed by atoms with van der Waals surface area (Å²) in [6, 6.07) is -3.75. The van der Waals surface area contributed by atoms with E-state index in [-0.39, 0.29) is 13.0 Å². The van der Waals surface area contributed by atoms with Crippen molar-refractivity contribution in [2.75, 3.05) is 19.7 Å². The Morgan fingerprint density at radius 1 is 1.15 bits per heavy atom. The summed E-state index contributed by atoms with van der Waals surface area (Å²) in [7, 11) is 0. The third-order valence-corrected chi connectivity index (χ3v) is 3.78. The first-order valence-electron chi connectivity index (χ1n) is 7.86. The third-order valence-electron chi connectivity index (χ3n) is 3.78. The largest absolute Gasteiger partial charge is 0.481 e. The molecule has 0 aromatic rings. The fraction of sp³-hybridized carbons (Fsp3) is 0.643. The minimum atomic E-state index is -1.47. The smallest absolute Gasteiger partial charge is 0.322 e. The Kier molecular flexibility index (Phi) is 7.93. The molecule has 0 aliphatic carbocycles. The van der Waals surface area contributed by atoms with E-state index in [9.17, 15) is 24.0 Å². The number of aliphatic hydroxyl groups is 1. The first-order chi connectivity index (χ1) is 12.2. The molecule has 1 rings (SSSR count). The van der Waals surface area contributed by atoms with E-state index in [4.69, 9.17) is 21.1 Å². The fourth-order valence-electron chi connectivity index (χ4n) is 2.52. The highest BCUT2D eigenvalue weighted by Crippen LogP contribution is 2.19. The van der Waals surface area contributed by atoms with E-state index in [1.807, 2.05) is 0 Å². The van der Waals surface area contributed by atoms with Crippen molar-refractivity contribution < 1.29 is 39.3 Å². The van der Waals surface area contributed by atoms with Gasteiger partial charge in [0.05, 0.1) is 13.0 Å². The number of aliphatic carboxylic acids is 2. The number of carboxylic acid groups (broad SMARTS) is 2. The lowest BCUT2D eigenvalue weighted by Gasteiger charge is -2.28. The predicted octanol–water partition coefficient (Wildman–Crippen LogP) is -3.54. The monoisotopic (exact) mass is 374 g/mol. The van der Waals surface area contributed by atoms with E-state index < -0.39 is 67.4 Å². The molecule has 1 heterocycles. The van der Waals surface area contributed by atoms with Crippen LogP contribution in [0.2, 0.25) is 0 Å². The van der Waals surface area contributed by atoms with Gasteiger partial charge in [-0.3, -0.25) is 24.0 Å². The Labute approximate surface area is 148 Å². The van der Waals surface area contributed by atoms with Crippen LogP contribution in [0.1, 0.15) is 19.3 Å². The van der Waals surface area contributed by atoms with Gasteiger partial charge >= 0.3 is 11.9 Å². The molecule has 3 atom stereocenters. The highest BCUT2D eigenvalue weighted by Gasteiger charge is 2.38. The van der Waals surface area contributed by atoms with Crippen LogP contribution in [0.25, 0.3) is 0 Å². The molecule has 0 bridgehead atoms. The number of nitrogens with two attached hydrogens (primary N) is 1. The van der Waals surface area contributed by atoms with E-state index in [1.54, 1.807) is 0 Å². The molecule has 0 radical (unpaired) electrons. The number of nitrogens with zero attached hydrogens (tertiary/aromatic N) is 1. The average Bonchev–Trinajstić information content (AvgIpc) is 3.06. The SMILES string of the molecule is NC(CO)C(=O)NC(CC(=O)O)C(=O)N1CCCC1C(=O)NCC(=O)O.